The van der Waals surface area contributed by atoms with E-state index in [9.17, 15) is 22.4 Å². The lowest BCUT2D eigenvalue weighted by Gasteiger charge is -2.12. The molecule has 8 nitrogen and oxygen atoms in total. The molecule has 31 heavy (non-hydrogen) atoms. The zero-order valence-electron chi connectivity index (χ0n) is 17.2. The van der Waals surface area contributed by atoms with Gasteiger partial charge in [0.2, 0.25) is 10.0 Å². The van der Waals surface area contributed by atoms with Crippen molar-refractivity contribution in [2.24, 2.45) is 0 Å². The van der Waals surface area contributed by atoms with Crippen LogP contribution >= 0.6 is 11.6 Å². The number of methoxy groups -OCH3 is 1. The van der Waals surface area contributed by atoms with Crippen LogP contribution in [0.15, 0.2) is 41.3 Å². The van der Waals surface area contributed by atoms with E-state index in [1.54, 1.807) is 13.8 Å². The van der Waals surface area contributed by atoms with Crippen LogP contribution in [0.5, 0.6) is 0 Å². The molecule has 0 saturated carbocycles. The number of anilines is 1. The van der Waals surface area contributed by atoms with Crippen molar-refractivity contribution in [1.29, 1.82) is 0 Å². The van der Waals surface area contributed by atoms with Gasteiger partial charge in [-0.25, -0.2) is 17.5 Å². The maximum atomic E-state index is 14.2. The zero-order valence-corrected chi connectivity index (χ0v) is 18.7. The van der Waals surface area contributed by atoms with Gasteiger partial charge in [-0.1, -0.05) is 11.6 Å². The minimum absolute atomic E-state index is 0.0747. The average molecular weight is 472 g/mol. The lowest BCUT2D eigenvalue weighted by Crippen LogP contribution is -2.30. The second kappa shape index (κ2) is 10.7. The normalized spacial score (nSPS) is 11.4. The molecule has 2 aromatic rings. The highest BCUT2D eigenvalue weighted by Crippen LogP contribution is 2.23. The van der Waals surface area contributed by atoms with E-state index in [2.05, 4.69) is 15.4 Å². The molecule has 0 aliphatic rings. The number of sulfonamides is 1. The number of carbonyl (C=O) groups is 2. The predicted molar refractivity (Wildman–Crippen MR) is 115 cm³/mol. The zero-order chi connectivity index (χ0) is 23.2. The molecule has 0 aromatic heterocycles. The van der Waals surface area contributed by atoms with Crippen LogP contribution in [0.2, 0.25) is 5.02 Å². The van der Waals surface area contributed by atoms with Crippen LogP contribution in [-0.4, -0.2) is 46.5 Å². The van der Waals surface area contributed by atoms with Gasteiger partial charge in [0.25, 0.3) is 11.8 Å². The molecule has 0 radical (unpaired) electrons. The molecule has 3 N–H and O–H groups in total. The van der Waals surface area contributed by atoms with Crippen LogP contribution in [0.3, 0.4) is 0 Å². The third-order valence-electron chi connectivity index (χ3n) is 3.95. The maximum absolute atomic E-state index is 14.2. The third-order valence-corrected chi connectivity index (χ3v) is 5.92. The van der Waals surface area contributed by atoms with Crippen molar-refractivity contribution in [3.8, 4) is 0 Å². The summed E-state index contributed by atoms with van der Waals surface area (Å²) < 4.78 is 46.0. The minimum atomic E-state index is -3.91. The number of carbonyl (C=O) groups excluding carboxylic acids is 2. The van der Waals surface area contributed by atoms with Crippen LogP contribution in [-0.2, 0) is 14.8 Å². The van der Waals surface area contributed by atoms with E-state index in [4.69, 9.17) is 16.3 Å². The fourth-order valence-electron chi connectivity index (χ4n) is 2.56. The Morgan fingerprint density at radius 3 is 2.42 bits per heavy atom. The Balaban J connectivity index is 2.21. The van der Waals surface area contributed by atoms with Crippen LogP contribution in [0.4, 0.5) is 10.1 Å². The van der Waals surface area contributed by atoms with E-state index in [0.29, 0.717) is 13.2 Å². The molecular formula is C20H23ClFN3O5S. The minimum Gasteiger partial charge on any atom is -0.383 e. The molecular weight excluding hydrogens is 449 g/mol. The molecule has 2 amide bonds. The molecule has 2 rings (SSSR count). The van der Waals surface area contributed by atoms with Gasteiger partial charge in [-0.3, -0.25) is 9.59 Å². The summed E-state index contributed by atoms with van der Waals surface area (Å²) in [6.45, 7) is 3.92. The van der Waals surface area contributed by atoms with Crippen molar-refractivity contribution in [1.82, 2.24) is 10.0 Å². The van der Waals surface area contributed by atoms with Gasteiger partial charge in [-0.15, -0.1) is 0 Å². The number of ether oxygens (including phenoxy) is 1. The molecule has 0 spiro atoms. The molecule has 168 valence electrons. The number of halogens is 2. The van der Waals surface area contributed by atoms with Gasteiger partial charge in [0.05, 0.1) is 27.7 Å². The van der Waals surface area contributed by atoms with Crippen LogP contribution in [0, 0.1) is 5.82 Å². The fraction of sp³-hybridized carbons (Fsp3) is 0.300. The summed E-state index contributed by atoms with van der Waals surface area (Å²) >= 11 is 6.13. The largest absolute Gasteiger partial charge is 0.383 e. The van der Waals surface area contributed by atoms with E-state index in [1.807, 2.05) is 0 Å². The van der Waals surface area contributed by atoms with Crippen molar-refractivity contribution in [3.05, 3.63) is 58.4 Å². The summed E-state index contributed by atoms with van der Waals surface area (Å²) in [5.41, 5.74) is -0.0599. The van der Waals surface area contributed by atoms with E-state index in [1.165, 1.54) is 25.3 Å². The first-order chi connectivity index (χ1) is 14.5. The van der Waals surface area contributed by atoms with Gasteiger partial charge in [0, 0.05) is 25.4 Å². The van der Waals surface area contributed by atoms with Gasteiger partial charge < -0.3 is 15.4 Å². The third kappa shape index (κ3) is 6.73. The Hall–Kier alpha value is -2.53. The number of benzene rings is 2. The van der Waals surface area contributed by atoms with Crippen LogP contribution < -0.4 is 15.4 Å². The first-order valence-corrected chi connectivity index (χ1v) is 11.1. The van der Waals surface area contributed by atoms with Crippen molar-refractivity contribution in [2.45, 2.75) is 24.8 Å². The Labute approximate surface area is 185 Å². The van der Waals surface area contributed by atoms with E-state index >= 15 is 0 Å². The fourth-order valence-corrected chi connectivity index (χ4v) is 4.10. The van der Waals surface area contributed by atoms with Crippen LogP contribution in [0.25, 0.3) is 0 Å². The topological polar surface area (TPSA) is 114 Å². The van der Waals surface area contributed by atoms with Crippen molar-refractivity contribution < 1.29 is 27.1 Å². The Morgan fingerprint density at radius 2 is 1.81 bits per heavy atom. The van der Waals surface area contributed by atoms with Gasteiger partial charge >= 0.3 is 0 Å². The Bertz CT molecular complexity index is 1080. The Kier molecular flexibility index (Phi) is 8.52. The molecule has 2 aromatic carbocycles. The second-order valence-electron chi connectivity index (χ2n) is 6.82. The van der Waals surface area contributed by atoms with Crippen molar-refractivity contribution in [2.75, 3.05) is 25.6 Å². The van der Waals surface area contributed by atoms with Crippen molar-refractivity contribution >= 4 is 39.1 Å². The van der Waals surface area contributed by atoms with E-state index in [-0.39, 0.29) is 27.2 Å². The van der Waals surface area contributed by atoms with Crippen LogP contribution in [0.1, 0.15) is 34.6 Å². The van der Waals surface area contributed by atoms with E-state index in [0.717, 1.165) is 18.2 Å². The number of nitrogens with one attached hydrogen (secondary N) is 3. The predicted octanol–water partition coefficient (Wildman–Crippen LogP) is 2.79. The summed E-state index contributed by atoms with van der Waals surface area (Å²) in [7, 11) is -2.40. The second-order valence-corrected chi connectivity index (χ2v) is 8.94. The highest BCUT2D eigenvalue weighted by atomic mass is 35.5. The molecule has 0 unspecified atom stereocenters. The Morgan fingerprint density at radius 1 is 1.10 bits per heavy atom. The molecule has 0 heterocycles. The average Bonchev–Trinajstić information content (AvgIpc) is 2.67. The van der Waals surface area contributed by atoms with Gasteiger partial charge in [-0.2, -0.15) is 0 Å². The molecule has 0 saturated heterocycles. The highest BCUT2D eigenvalue weighted by molar-refractivity contribution is 7.89. The summed E-state index contributed by atoms with van der Waals surface area (Å²) in [6.07, 6.45) is 0. The van der Waals surface area contributed by atoms with Crippen molar-refractivity contribution in [3.63, 3.8) is 0 Å². The number of amides is 2. The lowest BCUT2D eigenvalue weighted by atomic mass is 10.1. The summed E-state index contributed by atoms with van der Waals surface area (Å²) in [5.74, 6) is -2.17. The lowest BCUT2D eigenvalue weighted by molar-refractivity contribution is 0.0936. The monoisotopic (exact) mass is 471 g/mol. The molecule has 0 fully saturated rings. The summed E-state index contributed by atoms with van der Waals surface area (Å²) in [5, 5.41) is 5.14. The number of rotatable bonds is 9. The summed E-state index contributed by atoms with van der Waals surface area (Å²) in [6, 6.07) is 6.73. The van der Waals surface area contributed by atoms with Gasteiger partial charge in [0.1, 0.15) is 5.82 Å². The quantitative estimate of drug-likeness (QED) is 0.487. The number of hydrogen-bond acceptors (Lipinski definition) is 5. The molecule has 0 bridgehead atoms. The molecule has 0 aliphatic heterocycles. The number of hydrogen-bond donors (Lipinski definition) is 3. The SMILES string of the molecule is COCCNC(=O)c1ccc(NC(=O)c2cc(S(=O)(=O)NC(C)C)ccc2F)cc1Cl. The van der Waals surface area contributed by atoms with Gasteiger partial charge in [-0.05, 0) is 50.2 Å². The first kappa shape index (κ1) is 24.7. The standard InChI is InChI=1S/C20H23ClFN3O5S/c1-12(2)25-31(28,29)14-5-7-18(22)16(11-14)20(27)24-13-4-6-15(17(21)10-13)19(26)23-8-9-30-3/h4-7,10-12,25H,8-9H2,1-3H3,(H,23,26)(H,24,27). The highest BCUT2D eigenvalue weighted by Gasteiger charge is 2.21. The van der Waals surface area contributed by atoms with Gasteiger partial charge in [0.15, 0.2) is 0 Å². The van der Waals surface area contributed by atoms with E-state index < -0.39 is 33.2 Å². The maximum Gasteiger partial charge on any atom is 0.258 e. The molecule has 11 heteroatoms. The molecule has 0 aliphatic carbocycles. The smallest absolute Gasteiger partial charge is 0.258 e. The summed E-state index contributed by atoms with van der Waals surface area (Å²) in [4.78, 5) is 24.4. The first-order valence-electron chi connectivity index (χ1n) is 9.25. The molecule has 0 atom stereocenters.